The van der Waals surface area contributed by atoms with Gasteiger partial charge in [0.25, 0.3) is 5.56 Å². The number of fused-ring (bicyclic) bond motifs is 2. The van der Waals surface area contributed by atoms with Gasteiger partial charge in [-0.05, 0) is 48.1 Å². The second kappa shape index (κ2) is 7.32. The highest BCUT2D eigenvalue weighted by Gasteiger charge is 2.24. The second-order valence-corrected chi connectivity index (χ2v) is 7.72. The minimum Gasteiger partial charge on any atom is -0.339 e. The Hall–Kier alpha value is -3.21. The number of nitrogens with one attached hydrogen (secondary N) is 1. The molecule has 5 nitrogen and oxygen atoms in total. The highest BCUT2D eigenvalue weighted by molar-refractivity contribution is 6.03. The fourth-order valence-corrected chi connectivity index (χ4v) is 4.58. The zero-order valence-electron chi connectivity index (χ0n) is 16.6. The van der Waals surface area contributed by atoms with Crippen LogP contribution in [0.2, 0.25) is 0 Å². The first kappa shape index (κ1) is 17.9. The Bertz CT molecular complexity index is 1240. The molecule has 146 valence electrons. The van der Waals surface area contributed by atoms with Gasteiger partial charge in [-0.2, -0.15) is 4.98 Å². The first-order chi connectivity index (χ1) is 14.3. The van der Waals surface area contributed by atoms with Crippen molar-refractivity contribution in [3.63, 3.8) is 0 Å². The smallest absolute Gasteiger partial charge is 0.262 e. The molecule has 1 unspecified atom stereocenters. The van der Waals surface area contributed by atoms with Gasteiger partial charge in [-0.15, -0.1) is 0 Å². The zero-order chi connectivity index (χ0) is 19.8. The van der Waals surface area contributed by atoms with Crippen LogP contribution in [0, 0.1) is 0 Å². The molecule has 0 radical (unpaired) electrons. The molecule has 1 fully saturated rings. The number of H-pyrrole nitrogens is 1. The van der Waals surface area contributed by atoms with Gasteiger partial charge in [0, 0.05) is 24.3 Å². The number of aromatic nitrogens is 3. The standard InChI is InChI=1S/C24H24N4O/c1-2-17-10-5-6-15-28(17)24-26-22-21(23(29)27-24)20(13-14-25-22)19-12-7-9-16-8-3-4-11-18(16)19/h3-4,7-9,11-14,17H,2,5-6,10,15H2,1H3,(H,25,26,27,29). The van der Waals surface area contributed by atoms with Crippen molar-refractivity contribution >= 4 is 27.8 Å². The number of rotatable bonds is 3. The number of aromatic amines is 1. The van der Waals surface area contributed by atoms with Gasteiger partial charge in [0.05, 0.1) is 5.39 Å². The fraction of sp³-hybridized carbons (Fsp3) is 0.292. The van der Waals surface area contributed by atoms with Crippen LogP contribution in [0.4, 0.5) is 5.95 Å². The van der Waals surface area contributed by atoms with Gasteiger partial charge in [-0.1, -0.05) is 49.4 Å². The highest BCUT2D eigenvalue weighted by atomic mass is 16.1. The summed E-state index contributed by atoms with van der Waals surface area (Å²) >= 11 is 0. The van der Waals surface area contributed by atoms with E-state index in [1.807, 2.05) is 24.3 Å². The number of pyridine rings is 1. The normalized spacial score (nSPS) is 17.1. The molecule has 0 spiro atoms. The molecule has 0 saturated carbocycles. The van der Waals surface area contributed by atoms with Gasteiger partial charge in [0.15, 0.2) is 5.65 Å². The maximum absolute atomic E-state index is 13.2. The lowest BCUT2D eigenvalue weighted by Gasteiger charge is -2.35. The number of piperidine rings is 1. The summed E-state index contributed by atoms with van der Waals surface area (Å²) < 4.78 is 0. The van der Waals surface area contributed by atoms with Crippen LogP contribution in [0.1, 0.15) is 32.6 Å². The Morgan fingerprint density at radius 3 is 2.83 bits per heavy atom. The van der Waals surface area contributed by atoms with Crippen molar-refractivity contribution in [3.05, 3.63) is 65.1 Å². The summed E-state index contributed by atoms with van der Waals surface area (Å²) in [5.41, 5.74) is 2.29. The van der Waals surface area contributed by atoms with Crippen LogP contribution in [0.3, 0.4) is 0 Å². The number of hydrogen-bond donors (Lipinski definition) is 1. The maximum atomic E-state index is 13.2. The van der Waals surface area contributed by atoms with E-state index in [2.05, 4.69) is 46.1 Å². The molecular weight excluding hydrogens is 360 g/mol. The lowest BCUT2D eigenvalue weighted by Crippen LogP contribution is -2.41. The van der Waals surface area contributed by atoms with Crippen LogP contribution < -0.4 is 10.5 Å². The molecule has 1 aliphatic heterocycles. The van der Waals surface area contributed by atoms with E-state index >= 15 is 0 Å². The molecule has 29 heavy (non-hydrogen) atoms. The molecular formula is C24H24N4O. The summed E-state index contributed by atoms with van der Waals surface area (Å²) in [5, 5.41) is 2.82. The Balaban J connectivity index is 1.70. The van der Waals surface area contributed by atoms with Crippen molar-refractivity contribution in [1.29, 1.82) is 0 Å². The van der Waals surface area contributed by atoms with Gasteiger partial charge >= 0.3 is 0 Å². The van der Waals surface area contributed by atoms with E-state index in [-0.39, 0.29) is 5.56 Å². The SMILES string of the molecule is CCC1CCCCN1c1nc2nccc(-c3cccc4ccccc34)c2c(=O)[nH]1. The summed E-state index contributed by atoms with van der Waals surface area (Å²) in [7, 11) is 0. The van der Waals surface area contributed by atoms with Gasteiger partial charge < -0.3 is 4.90 Å². The predicted molar refractivity (Wildman–Crippen MR) is 118 cm³/mol. The van der Waals surface area contributed by atoms with Gasteiger partial charge in [0.1, 0.15) is 0 Å². The lowest BCUT2D eigenvalue weighted by atomic mass is 9.97. The lowest BCUT2D eigenvalue weighted by molar-refractivity contribution is 0.443. The van der Waals surface area contributed by atoms with Crippen LogP contribution in [-0.2, 0) is 0 Å². The molecule has 0 aliphatic carbocycles. The third-order valence-corrected chi connectivity index (χ3v) is 6.05. The van der Waals surface area contributed by atoms with Crippen LogP contribution in [0.5, 0.6) is 0 Å². The predicted octanol–water partition coefficient (Wildman–Crippen LogP) is 4.91. The van der Waals surface area contributed by atoms with E-state index in [0.717, 1.165) is 47.7 Å². The largest absolute Gasteiger partial charge is 0.339 e. The second-order valence-electron chi connectivity index (χ2n) is 7.72. The number of nitrogens with zero attached hydrogens (tertiary/aromatic N) is 3. The van der Waals surface area contributed by atoms with Crippen molar-refractivity contribution in [2.45, 2.75) is 38.6 Å². The summed E-state index contributed by atoms with van der Waals surface area (Å²) in [4.78, 5) is 27.8. The van der Waals surface area contributed by atoms with E-state index in [0.29, 0.717) is 23.0 Å². The van der Waals surface area contributed by atoms with Crippen LogP contribution >= 0.6 is 0 Å². The first-order valence-electron chi connectivity index (χ1n) is 10.4. The Kier molecular flexibility index (Phi) is 4.51. The summed E-state index contributed by atoms with van der Waals surface area (Å²) in [6, 6.07) is 16.7. The molecule has 1 N–H and O–H groups in total. The van der Waals surface area contributed by atoms with Crippen LogP contribution in [0.25, 0.3) is 32.9 Å². The molecule has 1 saturated heterocycles. The molecule has 3 heterocycles. The van der Waals surface area contributed by atoms with E-state index in [4.69, 9.17) is 4.98 Å². The average molecular weight is 384 g/mol. The third-order valence-electron chi connectivity index (χ3n) is 6.05. The molecule has 5 heteroatoms. The fourth-order valence-electron chi connectivity index (χ4n) is 4.58. The molecule has 1 atom stereocenters. The van der Waals surface area contributed by atoms with Crippen molar-refractivity contribution < 1.29 is 0 Å². The Morgan fingerprint density at radius 2 is 1.93 bits per heavy atom. The van der Waals surface area contributed by atoms with Gasteiger partial charge in [-0.3, -0.25) is 9.78 Å². The van der Waals surface area contributed by atoms with Crippen LogP contribution in [-0.4, -0.2) is 27.5 Å². The molecule has 0 bridgehead atoms. The summed E-state index contributed by atoms with van der Waals surface area (Å²) in [5.74, 6) is 0.650. The molecule has 2 aromatic heterocycles. The average Bonchev–Trinajstić information content (AvgIpc) is 2.78. The minimum atomic E-state index is -0.124. The Labute approximate surface area is 169 Å². The number of anilines is 1. The van der Waals surface area contributed by atoms with Crippen molar-refractivity contribution in [3.8, 4) is 11.1 Å². The van der Waals surface area contributed by atoms with E-state index in [1.165, 1.54) is 6.42 Å². The number of hydrogen-bond acceptors (Lipinski definition) is 4. The molecule has 4 aromatic rings. The van der Waals surface area contributed by atoms with Crippen molar-refractivity contribution in [1.82, 2.24) is 15.0 Å². The topological polar surface area (TPSA) is 61.9 Å². The Morgan fingerprint density at radius 1 is 1.07 bits per heavy atom. The quantitative estimate of drug-likeness (QED) is 0.545. The monoisotopic (exact) mass is 384 g/mol. The molecule has 1 aliphatic rings. The summed E-state index contributed by atoms with van der Waals surface area (Å²) in [6.07, 6.45) is 6.30. The highest BCUT2D eigenvalue weighted by Crippen LogP contribution is 2.32. The molecule has 0 amide bonds. The molecule has 2 aromatic carbocycles. The zero-order valence-corrected chi connectivity index (χ0v) is 16.6. The molecule has 5 rings (SSSR count). The maximum Gasteiger partial charge on any atom is 0.262 e. The minimum absolute atomic E-state index is 0.124. The van der Waals surface area contributed by atoms with Gasteiger partial charge in [0.2, 0.25) is 5.95 Å². The van der Waals surface area contributed by atoms with Gasteiger partial charge in [-0.25, -0.2) is 4.98 Å². The van der Waals surface area contributed by atoms with E-state index in [9.17, 15) is 4.79 Å². The van der Waals surface area contributed by atoms with Crippen molar-refractivity contribution in [2.75, 3.05) is 11.4 Å². The number of benzene rings is 2. The van der Waals surface area contributed by atoms with Crippen LogP contribution in [0.15, 0.2) is 59.5 Å². The summed E-state index contributed by atoms with van der Waals surface area (Å²) in [6.45, 7) is 3.12. The van der Waals surface area contributed by atoms with Crippen molar-refractivity contribution in [2.24, 2.45) is 0 Å². The first-order valence-corrected chi connectivity index (χ1v) is 10.4. The van der Waals surface area contributed by atoms with E-state index < -0.39 is 0 Å². The van der Waals surface area contributed by atoms with E-state index in [1.54, 1.807) is 6.20 Å². The third kappa shape index (κ3) is 3.07.